The number of amides is 2. The monoisotopic (exact) mass is 346 g/mol. The number of thioether (sulfide) groups is 1. The first kappa shape index (κ1) is 16.1. The summed E-state index contributed by atoms with van der Waals surface area (Å²) in [6, 6.07) is 11.8. The number of carbonyl (C=O) groups excluding carboxylic acids is 2. The molecule has 120 valence electrons. The number of nitrogens with one attached hydrogen (secondary N) is 2. The first-order valence-electron chi connectivity index (χ1n) is 7.49. The van der Waals surface area contributed by atoms with Gasteiger partial charge in [-0.15, -0.1) is 23.1 Å². The van der Waals surface area contributed by atoms with Crippen LogP contribution in [0.2, 0.25) is 0 Å². The molecular formula is C17H18N2O2S2. The van der Waals surface area contributed by atoms with Crippen LogP contribution in [0.5, 0.6) is 0 Å². The van der Waals surface area contributed by atoms with Crippen LogP contribution in [0.4, 0.5) is 0 Å². The van der Waals surface area contributed by atoms with Crippen LogP contribution in [-0.2, 0) is 4.79 Å². The van der Waals surface area contributed by atoms with E-state index in [-0.39, 0.29) is 24.4 Å². The zero-order valence-electron chi connectivity index (χ0n) is 12.8. The van der Waals surface area contributed by atoms with Gasteiger partial charge in [0.05, 0.1) is 17.5 Å². The van der Waals surface area contributed by atoms with E-state index < -0.39 is 0 Å². The van der Waals surface area contributed by atoms with Crippen molar-refractivity contribution in [3.8, 4) is 0 Å². The Kier molecular flexibility index (Phi) is 5.03. The number of rotatable bonds is 4. The maximum absolute atomic E-state index is 12.1. The predicted octanol–water partition coefficient (Wildman–Crippen LogP) is 3.14. The topological polar surface area (TPSA) is 58.2 Å². The molecule has 0 saturated carbocycles. The molecular weight excluding hydrogens is 328 g/mol. The Balaban J connectivity index is 1.55. The third-order valence-electron chi connectivity index (χ3n) is 3.67. The van der Waals surface area contributed by atoms with Gasteiger partial charge in [0.15, 0.2) is 0 Å². The molecule has 0 saturated heterocycles. The molecule has 0 fully saturated rings. The summed E-state index contributed by atoms with van der Waals surface area (Å²) in [6.45, 7) is 1.95. The number of benzene rings is 1. The summed E-state index contributed by atoms with van der Waals surface area (Å²) in [7, 11) is 0. The number of thiophene rings is 1. The zero-order chi connectivity index (χ0) is 16.2. The van der Waals surface area contributed by atoms with Gasteiger partial charge in [0.1, 0.15) is 0 Å². The van der Waals surface area contributed by atoms with Gasteiger partial charge in [-0.3, -0.25) is 9.59 Å². The molecule has 2 N–H and O–H groups in total. The summed E-state index contributed by atoms with van der Waals surface area (Å²) in [4.78, 5) is 27.0. The zero-order valence-corrected chi connectivity index (χ0v) is 14.4. The quantitative estimate of drug-likeness (QED) is 0.894. The molecule has 0 aliphatic carbocycles. The van der Waals surface area contributed by atoms with Crippen LogP contribution in [-0.4, -0.2) is 24.1 Å². The third kappa shape index (κ3) is 3.95. The third-order valence-corrected chi connectivity index (χ3v) is 5.79. The molecule has 2 aromatic rings. The van der Waals surface area contributed by atoms with Gasteiger partial charge in [-0.05, 0) is 37.1 Å². The van der Waals surface area contributed by atoms with E-state index in [4.69, 9.17) is 0 Å². The Morgan fingerprint density at radius 3 is 2.83 bits per heavy atom. The molecule has 2 heterocycles. The lowest BCUT2D eigenvalue weighted by molar-refractivity contribution is -0.120. The highest BCUT2D eigenvalue weighted by Crippen LogP contribution is 2.35. The highest BCUT2D eigenvalue weighted by atomic mass is 32.2. The summed E-state index contributed by atoms with van der Waals surface area (Å²) >= 11 is 3.25. The Bertz CT molecular complexity index is 727. The molecule has 1 aromatic heterocycles. The van der Waals surface area contributed by atoms with Gasteiger partial charge in [0.25, 0.3) is 5.91 Å². The van der Waals surface area contributed by atoms with E-state index in [0.29, 0.717) is 4.88 Å². The van der Waals surface area contributed by atoms with Crippen LogP contribution in [0.3, 0.4) is 0 Å². The minimum absolute atomic E-state index is 0.00158. The number of fused-ring (bicyclic) bond motifs is 1. The summed E-state index contributed by atoms with van der Waals surface area (Å²) in [5.41, 5.74) is 1.16. The minimum Gasteiger partial charge on any atom is -0.348 e. The Labute approximate surface area is 143 Å². The lowest BCUT2D eigenvalue weighted by atomic mass is 10.0. The van der Waals surface area contributed by atoms with E-state index in [2.05, 4.69) is 22.8 Å². The highest BCUT2D eigenvalue weighted by Gasteiger charge is 2.22. The second kappa shape index (κ2) is 7.19. The van der Waals surface area contributed by atoms with Crippen molar-refractivity contribution in [1.82, 2.24) is 10.6 Å². The average Bonchev–Trinajstić information content (AvgIpc) is 2.99. The van der Waals surface area contributed by atoms with Gasteiger partial charge < -0.3 is 10.6 Å². The fraction of sp³-hybridized carbons (Fsp3) is 0.294. The van der Waals surface area contributed by atoms with Crippen molar-refractivity contribution in [2.45, 2.75) is 24.3 Å². The molecule has 1 atom stereocenters. The summed E-state index contributed by atoms with van der Waals surface area (Å²) < 4.78 is 0. The van der Waals surface area contributed by atoms with Crippen LogP contribution in [0.1, 0.15) is 32.6 Å². The van der Waals surface area contributed by atoms with Crippen molar-refractivity contribution < 1.29 is 9.59 Å². The normalized spacial score (nSPS) is 16.5. The number of aryl methyl sites for hydroxylation is 1. The molecule has 0 bridgehead atoms. The van der Waals surface area contributed by atoms with Crippen molar-refractivity contribution in [2.24, 2.45) is 0 Å². The van der Waals surface area contributed by atoms with E-state index >= 15 is 0 Å². The lowest BCUT2D eigenvalue weighted by Crippen LogP contribution is -2.39. The molecule has 2 amide bonds. The Morgan fingerprint density at radius 1 is 1.22 bits per heavy atom. The van der Waals surface area contributed by atoms with E-state index in [1.807, 2.05) is 36.9 Å². The molecule has 0 spiro atoms. The smallest absolute Gasteiger partial charge is 0.261 e. The maximum Gasteiger partial charge on any atom is 0.261 e. The van der Waals surface area contributed by atoms with Crippen LogP contribution < -0.4 is 10.6 Å². The van der Waals surface area contributed by atoms with Gasteiger partial charge in [0.2, 0.25) is 5.91 Å². The van der Waals surface area contributed by atoms with Crippen LogP contribution >= 0.6 is 23.1 Å². The van der Waals surface area contributed by atoms with Crippen molar-refractivity contribution in [1.29, 1.82) is 0 Å². The SMILES string of the molecule is Cc1ccc(C(=O)NCC(=O)NC2CCSc3ccccc32)s1. The molecule has 1 unspecified atom stereocenters. The molecule has 3 rings (SSSR count). The minimum atomic E-state index is -0.196. The van der Waals surface area contributed by atoms with Crippen molar-refractivity contribution >= 4 is 34.9 Å². The van der Waals surface area contributed by atoms with Gasteiger partial charge in [-0.2, -0.15) is 0 Å². The van der Waals surface area contributed by atoms with Crippen molar-refractivity contribution in [3.05, 3.63) is 51.7 Å². The fourth-order valence-electron chi connectivity index (χ4n) is 2.54. The van der Waals surface area contributed by atoms with Gasteiger partial charge in [-0.1, -0.05) is 18.2 Å². The summed E-state index contributed by atoms with van der Waals surface area (Å²) in [5.74, 6) is 0.638. The van der Waals surface area contributed by atoms with Crippen LogP contribution in [0.15, 0.2) is 41.3 Å². The van der Waals surface area contributed by atoms with Gasteiger partial charge >= 0.3 is 0 Å². The first-order valence-corrected chi connectivity index (χ1v) is 9.29. The van der Waals surface area contributed by atoms with Gasteiger partial charge in [-0.25, -0.2) is 0 Å². The molecule has 1 aliphatic heterocycles. The van der Waals surface area contributed by atoms with Gasteiger partial charge in [0, 0.05) is 15.5 Å². The van der Waals surface area contributed by atoms with Crippen molar-refractivity contribution in [3.63, 3.8) is 0 Å². The number of hydrogen-bond donors (Lipinski definition) is 2. The second-order valence-electron chi connectivity index (χ2n) is 5.39. The fourth-order valence-corrected chi connectivity index (χ4v) is 4.45. The number of hydrogen-bond acceptors (Lipinski definition) is 4. The van der Waals surface area contributed by atoms with E-state index in [1.54, 1.807) is 6.07 Å². The average molecular weight is 346 g/mol. The van der Waals surface area contributed by atoms with E-state index in [1.165, 1.54) is 16.2 Å². The summed E-state index contributed by atoms with van der Waals surface area (Å²) in [6.07, 6.45) is 0.908. The second-order valence-corrected chi connectivity index (χ2v) is 7.81. The lowest BCUT2D eigenvalue weighted by Gasteiger charge is -2.25. The first-order chi connectivity index (χ1) is 11.1. The Hall–Kier alpha value is -1.79. The number of carbonyl (C=O) groups is 2. The molecule has 1 aliphatic rings. The highest BCUT2D eigenvalue weighted by molar-refractivity contribution is 7.99. The van der Waals surface area contributed by atoms with Crippen LogP contribution in [0, 0.1) is 6.92 Å². The van der Waals surface area contributed by atoms with E-state index in [0.717, 1.165) is 22.6 Å². The molecule has 4 nitrogen and oxygen atoms in total. The molecule has 23 heavy (non-hydrogen) atoms. The standard InChI is InChI=1S/C17H18N2O2S2/c1-11-6-7-15(23-11)17(21)18-10-16(20)19-13-8-9-22-14-5-3-2-4-12(13)14/h2-7,13H,8-10H2,1H3,(H,18,21)(H,19,20). The molecule has 1 aromatic carbocycles. The van der Waals surface area contributed by atoms with E-state index in [9.17, 15) is 9.59 Å². The molecule has 0 radical (unpaired) electrons. The van der Waals surface area contributed by atoms with Crippen LogP contribution in [0.25, 0.3) is 0 Å². The largest absolute Gasteiger partial charge is 0.348 e. The van der Waals surface area contributed by atoms with Crippen molar-refractivity contribution in [2.75, 3.05) is 12.3 Å². The summed E-state index contributed by atoms with van der Waals surface area (Å²) in [5, 5.41) is 5.70. The maximum atomic E-state index is 12.1. The molecule has 6 heteroatoms. The Morgan fingerprint density at radius 2 is 2.04 bits per heavy atom. The predicted molar refractivity (Wildman–Crippen MR) is 94.1 cm³/mol.